The first-order valence-corrected chi connectivity index (χ1v) is 8.15. The zero-order chi connectivity index (χ0) is 18.0. The van der Waals surface area contributed by atoms with E-state index >= 15 is 0 Å². The zero-order valence-corrected chi connectivity index (χ0v) is 14.4. The predicted molar refractivity (Wildman–Crippen MR) is 89.8 cm³/mol. The molecule has 2 heterocycles. The Morgan fingerprint density at radius 1 is 1.44 bits per heavy atom. The summed E-state index contributed by atoms with van der Waals surface area (Å²) in [6.07, 6.45) is 2.33. The van der Waals surface area contributed by atoms with E-state index in [1.54, 1.807) is 6.92 Å². The van der Waals surface area contributed by atoms with Crippen LogP contribution in [0.5, 0.6) is 0 Å². The predicted octanol–water partition coefficient (Wildman–Crippen LogP) is 1.27. The third kappa shape index (κ3) is 3.53. The molecule has 9 nitrogen and oxygen atoms in total. The number of hydrogen-bond acceptors (Lipinski definition) is 9. The highest BCUT2D eigenvalue weighted by atomic mass is 16.5. The van der Waals surface area contributed by atoms with Crippen LogP contribution in [0.4, 0.5) is 11.8 Å². The maximum Gasteiger partial charge on any atom is 0.224 e. The Hall–Kier alpha value is -2.73. The van der Waals surface area contributed by atoms with Gasteiger partial charge in [-0.3, -0.25) is 0 Å². The molecule has 3 rings (SSSR count). The first kappa shape index (κ1) is 17.1. The van der Waals surface area contributed by atoms with E-state index in [-0.39, 0.29) is 17.6 Å². The second-order valence-corrected chi connectivity index (χ2v) is 6.74. The molecule has 0 bridgehead atoms. The number of rotatable bonds is 6. The van der Waals surface area contributed by atoms with Crippen molar-refractivity contribution < 1.29 is 9.63 Å². The molecule has 2 aromatic heterocycles. The van der Waals surface area contributed by atoms with Gasteiger partial charge < -0.3 is 20.3 Å². The van der Waals surface area contributed by atoms with Gasteiger partial charge in [-0.15, -0.1) is 0 Å². The van der Waals surface area contributed by atoms with E-state index in [1.165, 1.54) is 6.20 Å². The van der Waals surface area contributed by atoms with Gasteiger partial charge in [-0.25, -0.2) is 4.98 Å². The molecule has 1 fully saturated rings. The summed E-state index contributed by atoms with van der Waals surface area (Å²) < 4.78 is 4.92. The van der Waals surface area contributed by atoms with Crippen LogP contribution < -0.4 is 10.6 Å². The van der Waals surface area contributed by atoms with Crippen LogP contribution >= 0.6 is 0 Å². The van der Waals surface area contributed by atoms with Crippen LogP contribution in [0.25, 0.3) is 0 Å². The second-order valence-electron chi connectivity index (χ2n) is 6.74. The molecule has 2 atom stereocenters. The smallest absolute Gasteiger partial charge is 0.224 e. The maximum atomic E-state index is 9.86. The standard InChI is InChI=1S/C16H21N7O2/c1-9-20-13(23-25-9)4-5-18-15-19-8-10(7-17)14(22-15)21-11-6-12(24)16(11,2)3/h8,11-12,24H,4-6H2,1-3H3,(H2,18,19,21,22)/t11-,12+/m1/s1. The molecule has 1 saturated carbocycles. The molecule has 2 aromatic rings. The van der Waals surface area contributed by atoms with Crippen molar-refractivity contribution in [1.29, 1.82) is 5.26 Å². The molecule has 0 aliphatic heterocycles. The average Bonchev–Trinajstić information content (AvgIpc) is 3.00. The lowest BCUT2D eigenvalue weighted by molar-refractivity contribution is -0.0511. The van der Waals surface area contributed by atoms with Crippen molar-refractivity contribution in [3.63, 3.8) is 0 Å². The van der Waals surface area contributed by atoms with E-state index in [2.05, 4.69) is 36.8 Å². The van der Waals surface area contributed by atoms with Crippen molar-refractivity contribution in [3.8, 4) is 6.07 Å². The molecular formula is C16H21N7O2. The summed E-state index contributed by atoms with van der Waals surface area (Å²) in [7, 11) is 0. The fourth-order valence-corrected chi connectivity index (χ4v) is 2.70. The highest BCUT2D eigenvalue weighted by Crippen LogP contribution is 2.42. The lowest BCUT2D eigenvalue weighted by Gasteiger charge is -2.49. The maximum absolute atomic E-state index is 9.86. The van der Waals surface area contributed by atoms with Crippen molar-refractivity contribution in [2.45, 2.75) is 45.8 Å². The molecular weight excluding hydrogens is 322 g/mol. The van der Waals surface area contributed by atoms with Gasteiger partial charge in [-0.1, -0.05) is 19.0 Å². The molecule has 0 spiro atoms. The summed E-state index contributed by atoms with van der Waals surface area (Å²) in [4.78, 5) is 12.7. The summed E-state index contributed by atoms with van der Waals surface area (Å²) in [6, 6.07) is 2.14. The Morgan fingerprint density at radius 3 is 2.84 bits per heavy atom. The fourth-order valence-electron chi connectivity index (χ4n) is 2.70. The number of hydrogen-bond donors (Lipinski definition) is 3. The second kappa shape index (κ2) is 6.64. The van der Waals surface area contributed by atoms with E-state index < -0.39 is 0 Å². The van der Waals surface area contributed by atoms with Crippen LogP contribution in [0, 0.1) is 23.7 Å². The number of aliphatic hydroxyl groups excluding tert-OH is 1. The van der Waals surface area contributed by atoms with Crippen LogP contribution in [-0.2, 0) is 6.42 Å². The summed E-state index contributed by atoms with van der Waals surface area (Å²) in [5, 5.41) is 29.3. The quantitative estimate of drug-likeness (QED) is 0.709. The van der Waals surface area contributed by atoms with E-state index in [4.69, 9.17) is 4.52 Å². The molecule has 132 valence electrons. The van der Waals surface area contributed by atoms with Crippen molar-refractivity contribution in [2.24, 2.45) is 5.41 Å². The van der Waals surface area contributed by atoms with Crippen LogP contribution in [0.3, 0.4) is 0 Å². The van der Waals surface area contributed by atoms with Gasteiger partial charge in [0.05, 0.1) is 12.3 Å². The SMILES string of the molecule is Cc1nc(CCNc2ncc(C#N)c(N[C@@H]3C[C@H](O)C3(C)C)n2)no1. The summed E-state index contributed by atoms with van der Waals surface area (Å²) in [5.74, 6) is 2.03. The fraction of sp³-hybridized carbons (Fsp3) is 0.562. The average molecular weight is 343 g/mol. The van der Waals surface area contributed by atoms with Gasteiger partial charge in [-0.05, 0) is 6.42 Å². The van der Waals surface area contributed by atoms with Crippen molar-refractivity contribution in [3.05, 3.63) is 23.5 Å². The van der Waals surface area contributed by atoms with Gasteiger partial charge in [-0.2, -0.15) is 15.2 Å². The van der Waals surface area contributed by atoms with Crippen molar-refractivity contribution >= 4 is 11.8 Å². The summed E-state index contributed by atoms with van der Waals surface area (Å²) in [6.45, 7) is 6.25. The number of aromatic nitrogens is 4. The lowest BCUT2D eigenvalue weighted by Crippen LogP contribution is -2.57. The molecule has 0 radical (unpaired) electrons. The molecule has 3 N–H and O–H groups in total. The number of aryl methyl sites for hydroxylation is 1. The minimum atomic E-state index is -0.353. The van der Waals surface area contributed by atoms with Gasteiger partial charge >= 0.3 is 0 Å². The molecule has 0 aromatic carbocycles. The van der Waals surface area contributed by atoms with Crippen LogP contribution in [-0.4, -0.2) is 43.9 Å². The van der Waals surface area contributed by atoms with E-state index in [1.807, 2.05) is 13.8 Å². The first-order chi connectivity index (χ1) is 11.9. The molecule has 1 aliphatic rings. The minimum absolute atomic E-state index is 0.0552. The third-order valence-electron chi connectivity index (χ3n) is 4.64. The summed E-state index contributed by atoms with van der Waals surface area (Å²) >= 11 is 0. The molecule has 0 saturated heterocycles. The number of nitrogens with zero attached hydrogens (tertiary/aromatic N) is 5. The normalized spacial score (nSPS) is 21.2. The largest absolute Gasteiger partial charge is 0.392 e. The third-order valence-corrected chi connectivity index (χ3v) is 4.64. The molecule has 25 heavy (non-hydrogen) atoms. The van der Waals surface area contributed by atoms with Gasteiger partial charge in [0, 0.05) is 31.3 Å². The van der Waals surface area contributed by atoms with Crippen LogP contribution in [0.2, 0.25) is 0 Å². The van der Waals surface area contributed by atoms with Crippen molar-refractivity contribution in [2.75, 3.05) is 17.2 Å². The molecule has 0 unspecified atom stereocenters. The highest BCUT2D eigenvalue weighted by Gasteiger charge is 2.47. The number of anilines is 2. The number of nitriles is 1. The monoisotopic (exact) mass is 343 g/mol. The Morgan fingerprint density at radius 2 is 2.24 bits per heavy atom. The van der Waals surface area contributed by atoms with Crippen LogP contribution in [0.15, 0.2) is 10.7 Å². The summed E-state index contributed by atoms with van der Waals surface area (Å²) in [5.41, 5.74) is 0.110. The Bertz CT molecular complexity index is 796. The van der Waals surface area contributed by atoms with E-state index in [9.17, 15) is 10.4 Å². The van der Waals surface area contributed by atoms with Crippen LogP contribution in [0.1, 0.15) is 37.5 Å². The molecule has 1 aliphatic carbocycles. The zero-order valence-electron chi connectivity index (χ0n) is 14.4. The Kier molecular flexibility index (Phi) is 4.55. The van der Waals surface area contributed by atoms with Gasteiger partial charge in [0.15, 0.2) is 5.82 Å². The number of nitrogens with one attached hydrogen (secondary N) is 2. The van der Waals surface area contributed by atoms with Gasteiger partial charge in [0.25, 0.3) is 0 Å². The topological polar surface area (TPSA) is 133 Å². The van der Waals surface area contributed by atoms with Crippen molar-refractivity contribution in [1.82, 2.24) is 20.1 Å². The van der Waals surface area contributed by atoms with E-state index in [0.717, 1.165) is 0 Å². The minimum Gasteiger partial charge on any atom is -0.392 e. The first-order valence-electron chi connectivity index (χ1n) is 8.15. The van der Waals surface area contributed by atoms with Gasteiger partial charge in [0.1, 0.15) is 17.5 Å². The highest BCUT2D eigenvalue weighted by molar-refractivity contribution is 5.54. The van der Waals surface area contributed by atoms with Gasteiger partial charge in [0.2, 0.25) is 11.8 Å². The van der Waals surface area contributed by atoms with E-state index in [0.29, 0.717) is 48.4 Å². The Balaban J connectivity index is 1.64. The lowest BCUT2D eigenvalue weighted by atomic mass is 9.64. The molecule has 9 heteroatoms. The molecule has 0 amide bonds. The Labute approximate surface area is 145 Å². The number of aliphatic hydroxyl groups is 1.